The summed E-state index contributed by atoms with van der Waals surface area (Å²) in [7, 11) is 0. The summed E-state index contributed by atoms with van der Waals surface area (Å²) in [6.45, 7) is 0.819. The van der Waals surface area contributed by atoms with Crippen LogP contribution in [0.25, 0.3) is 0 Å². The predicted octanol–water partition coefficient (Wildman–Crippen LogP) is 3.35. The first-order valence-electron chi connectivity index (χ1n) is 6.28. The zero-order valence-corrected chi connectivity index (χ0v) is 10.6. The third-order valence-electron chi connectivity index (χ3n) is 3.00. The van der Waals surface area contributed by atoms with Crippen LogP contribution < -0.4 is 5.01 Å². The molecule has 2 aromatic heterocycles. The van der Waals surface area contributed by atoms with E-state index in [1.165, 1.54) is 5.56 Å². The van der Waals surface area contributed by atoms with E-state index >= 15 is 0 Å². The minimum Gasteiger partial charge on any atom is -0.277 e. The Morgan fingerprint density at radius 1 is 0.842 bits per heavy atom. The van der Waals surface area contributed by atoms with Gasteiger partial charge in [0.25, 0.3) is 0 Å². The van der Waals surface area contributed by atoms with Crippen LogP contribution in [0, 0.1) is 0 Å². The van der Waals surface area contributed by atoms with Crippen LogP contribution >= 0.6 is 0 Å². The lowest BCUT2D eigenvalue weighted by Crippen LogP contribution is -2.27. The summed E-state index contributed by atoms with van der Waals surface area (Å²) >= 11 is 0. The number of hydrogen-bond donors (Lipinski definition) is 0. The lowest BCUT2D eigenvalue weighted by Gasteiger charge is -2.26. The minimum atomic E-state index is 0.819. The number of rotatable bonds is 4. The highest BCUT2D eigenvalue weighted by Gasteiger charge is 2.08. The molecule has 0 saturated carbocycles. The monoisotopic (exact) mass is 249 g/mol. The van der Waals surface area contributed by atoms with E-state index in [0.717, 1.165) is 12.2 Å². The SMILES string of the molecule is c1ccc(CN(c2ccncc2)n2cccc2)cc1. The van der Waals surface area contributed by atoms with Gasteiger partial charge in [-0.3, -0.25) is 14.7 Å². The average Bonchev–Trinajstić information content (AvgIpc) is 3.01. The van der Waals surface area contributed by atoms with Gasteiger partial charge in [-0.25, -0.2) is 0 Å². The van der Waals surface area contributed by atoms with Crippen LogP contribution in [0.1, 0.15) is 5.56 Å². The molecule has 0 radical (unpaired) electrons. The zero-order valence-electron chi connectivity index (χ0n) is 10.6. The summed E-state index contributed by atoms with van der Waals surface area (Å²) in [6.07, 6.45) is 7.72. The summed E-state index contributed by atoms with van der Waals surface area (Å²) in [5.41, 5.74) is 2.39. The largest absolute Gasteiger partial charge is 0.277 e. The maximum Gasteiger partial charge on any atom is 0.0650 e. The second-order valence-electron chi connectivity index (χ2n) is 4.31. The molecule has 3 rings (SSSR count). The van der Waals surface area contributed by atoms with E-state index < -0.39 is 0 Å². The molecule has 0 bridgehead atoms. The first-order valence-corrected chi connectivity index (χ1v) is 6.28. The molecule has 0 aliphatic heterocycles. The summed E-state index contributed by atoms with van der Waals surface area (Å²) in [6, 6.07) is 18.5. The normalized spacial score (nSPS) is 10.3. The second-order valence-corrected chi connectivity index (χ2v) is 4.31. The third kappa shape index (κ3) is 2.65. The van der Waals surface area contributed by atoms with Gasteiger partial charge in [-0.05, 0) is 29.8 Å². The summed E-state index contributed by atoms with van der Waals surface area (Å²) in [5, 5.41) is 2.21. The lowest BCUT2D eigenvalue weighted by molar-refractivity contribution is 0.692. The van der Waals surface area contributed by atoms with E-state index in [2.05, 4.69) is 38.9 Å². The highest BCUT2D eigenvalue weighted by atomic mass is 15.5. The van der Waals surface area contributed by atoms with Gasteiger partial charge in [0.15, 0.2) is 0 Å². The maximum absolute atomic E-state index is 4.08. The second kappa shape index (κ2) is 5.40. The molecule has 3 heteroatoms. The molecule has 2 heterocycles. The first-order chi connectivity index (χ1) is 9.43. The van der Waals surface area contributed by atoms with Gasteiger partial charge in [-0.2, -0.15) is 0 Å². The Balaban J connectivity index is 1.94. The van der Waals surface area contributed by atoms with E-state index in [-0.39, 0.29) is 0 Å². The summed E-state index contributed by atoms with van der Waals surface area (Å²) < 4.78 is 2.09. The number of aromatic nitrogens is 2. The van der Waals surface area contributed by atoms with Crippen LogP contribution in [0.15, 0.2) is 79.4 Å². The Kier molecular flexibility index (Phi) is 3.28. The maximum atomic E-state index is 4.08. The van der Waals surface area contributed by atoms with E-state index in [9.17, 15) is 0 Å². The highest BCUT2D eigenvalue weighted by molar-refractivity contribution is 5.45. The van der Waals surface area contributed by atoms with Crippen LogP contribution in [0.3, 0.4) is 0 Å². The lowest BCUT2D eigenvalue weighted by atomic mass is 10.2. The van der Waals surface area contributed by atoms with Crippen LogP contribution in [-0.4, -0.2) is 9.66 Å². The predicted molar refractivity (Wildman–Crippen MR) is 76.7 cm³/mol. The average molecular weight is 249 g/mol. The Bertz CT molecular complexity index is 603. The Hall–Kier alpha value is -2.55. The van der Waals surface area contributed by atoms with Gasteiger partial charge in [0.2, 0.25) is 0 Å². The van der Waals surface area contributed by atoms with Crippen molar-refractivity contribution in [3.05, 3.63) is 84.9 Å². The van der Waals surface area contributed by atoms with E-state index in [1.807, 2.05) is 55.1 Å². The number of hydrogen-bond acceptors (Lipinski definition) is 2. The molecule has 0 spiro atoms. The number of benzene rings is 1. The van der Waals surface area contributed by atoms with Crippen molar-refractivity contribution in [2.75, 3.05) is 5.01 Å². The molecule has 0 aliphatic carbocycles. The molecule has 19 heavy (non-hydrogen) atoms. The smallest absolute Gasteiger partial charge is 0.0650 e. The molecule has 0 unspecified atom stereocenters. The van der Waals surface area contributed by atoms with Gasteiger partial charge in [-0.1, -0.05) is 30.3 Å². The zero-order chi connectivity index (χ0) is 12.9. The van der Waals surface area contributed by atoms with Gasteiger partial charge in [0, 0.05) is 24.8 Å². The van der Waals surface area contributed by atoms with Crippen molar-refractivity contribution in [3.63, 3.8) is 0 Å². The molecule has 0 aliphatic rings. The topological polar surface area (TPSA) is 21.1 Å². The summed E-state index contributed by atoms with van der Waals surface area (Å²) in [4.78, 5) is 4.08. The fourth-order valence-corrected chi connectivity index (χ4v) is 2.07. The van der Waals surface area contributed by atoms with E-state index in [1.54, 1.807) is 0 Å². The Morgan fingerprint density at radius 2 is 1.53 bits per heavy atom. The number of pyridine rings is 1. The van der Waals surface area contributed by atoms with Crippen LogP contribution in [0.2, 0.25) is 0 Å². The quantitative estimate of drug-likeness (QED) is 0.707. The first kappa shape index (κ1) is 11.5. The molecule has 0 atom stereocenters. The van der Waals surface area contributed by atoms with Crippen LogP contribution in [0.5, 0.6) is 0 Å². The van der Waals surface area contributed by atoms with Crippen LogP contribution in [0.4, 0.5) is 5.69 Å². The van der Waals surface area contributed by atoms with Crippen molar-refractivity contribution < 1.29 is 0 Å². The van der Waals surface area contributed by atoms with Gasteiger partial charge in [-0.15, -0.1) is 0 Å². The molecular weight excluding hydrogens is 234 g/mol. The number of nitrogens with zero attached hydrogens (tertiary/aromatic N) is 3. The van der Waals surface area contributed by atoms with Crippen molar-refractivity contribution >= 4 is 5.69 Å². The molecule has 0 amide bonds. The Morgan fingerprint density at radius 3 is 2.21 bits per heavy atom. The van der Waals surface area contributed by atoms with Crippen molar-refractivity contribution in [1.29, 1.82) is 0 Å². The fraction of sp³-hybridized carbons (Fsp3) is 0.0625. The summed E-state index contributed by atoms with van der Waals surface area (Å²) in [5.74, 6) is 0. The van der Waals surface area contributed by atoms with E-state index in [0.29, 0.717) is 0 Å². The van der Waals surface area contributed by atoms with Gasteiger partial charge in [0.05, 0.1) is 12.2 Å². The minimum absolute atomic E-state index is 0.819. The molecule has 0 fully saturated rings. The molecule has 0 saturated heterocycles. The molecule has 3 nitrogen and oxygen atoms in total. The molecular formula is C16H15N3. The molecule has 3 aromatic rings. The van der Waals surface area contributed by atoms with Crippen molar-refractivity contribution in [2.45, 2.75) is 6.54 Å². The van der Waals surface area contributed by atoms with Crippen molar-refractivity contribution in [3.8, 4) is 0 Å². The van der Waals surface area contributed by atoms with Crippen molar-refractivity contribution in [2.24, 2.45) is 0 Å². The van der Waals surface area contributed by atoms with E-state index in [4.69, 9.17) is 0 Å². The van der Waals surface area contributed by atoms with Crippen molar-refractivity contribution in [1.82, 2.24) is 9.66 Å². The molecule has 0 N–H and O–H groups in total. The third-order valence-corrected chi connectivity index (χ3v) is 3.00. The standard InChI is InChI=1S/C16H15N3/c1-2-6-15(7-3-1)14-19(18-12-4-5-13-18)16-8-10-17-11-9-16/h1-13H,14H2. The molecule has 1 aromatic carbocycles. The Labute approximate surface area is 112 Å². The molecule has 94 valence electrons. The van der Waals surface area contributed by atoms with Gasteiger partial charge >= 0.3 is 0 Å². The number of anilines is 1. The van der Waals surface area contributed by atoms with Gasteiger partial charge < -0.3 is 0 Å². The fourth-order valence-electron chi connectivity index (χ4n) is 2.07. The highest BCUT2D eigenvalue weighted by Crippen LogP contribution is 2.17. The van der Waals surface area contributed by atoms with Gasteiger partial charge in [0.1, 0.15) is 0 Å². The van der Waals surface area contributed by atoms with Crippen LogP contribution in [-0.2, 0) is 6.54 Å².